The van der Waals surface area contributed by atoms with Gasteiger partial charge in [0.25, 0.3) is 0 Å². The van der Waals surface area contributed by atoms with Crippen molar-refractivity contribution in [2.24, 2.45) is 0 Å². The van der Waals surface area contributed by atoms with E-state index in [-0.39, 0.29) is 23.9 Å². The van der Waals surface area contributed by atoms with Crippen LogP contribution in [-0.2, 0) is 16.4 Å². The van der Waals surface area contributed by atoms with Crippen LogP contribution in [0.2, 0.25) is 0 Å². The van der Waals surface area contributed by atoms with Gasteiger partial charge in [-0.05, 0) is 24.3 Å². The summed E-state index contributed by atoms with van der Waals surface area (Å²) in [6, 6.07) is 12.2. The quantitative estimate of drug-likeness (QED) is 0.339. The van der Waals surface area contributed by atoms with Gasteiger partial charge in [-0.25, -0.2) is 22.8 Å². The minimum absolute atomic E-state index is 0.0372. The van der Waals surface area contributed by atoms with E-state index in [1.807, 2.05) is 0 Å². The molecule has 188 valence electrons. The number of aryl methyl sites for hydroxylation is 1. The molecule has 11 nitrogen and oxygen atoms in total. The van der Waals surface area contributed by atoms with Gasteiger partial charge in [0.1, 0.15) is 28.8 Å². The summed E-state index contributed by atoms with van der Waals surface area (Å²) in [7, 11) is 0.564. The van der Waals surface area contributed by atoms with Crippen molar-refractivity contribution in [2.45, 2.75) is 6.42 Å². The van der Waals surface area contributed by atoms with Crippen LogP contribution in [0.4, 0.5) is 10.3 Å². The van der Waals surface area contributed by atoms with Crippen molar-refractivity contribution in [1.82, 2.24) is 24.7 Å². The highest BCUT2D eigenvalue weighted by Gasteiger charge is 2.25. The van der Waals surface area contributed by atoms with Crippen molar-refractivity contribution in [1.29, 1.82) is 0 Å². The second-order valence-electron chi connectivity index (χ2n) is 7.41. The first kappa shape index (κ1) is 24.9. The molecule has 0 unspecified atom stereocenters. The number of methoxy groups -OCH3 is 3. The maximum atomic E-state index is 13.1. The Bertz CT molecular complexity index is 1440. The van der Waals surface area contributed by atoms with Gasteiger partial charge in [-0.15, -0.1) is 10.2 Å². The normalized spacial score (nSPS) is 11.2. The van der Waals surface area contributed by atoms with E-state index in [1.54, 1.807) is 42.5 Å². The van der Waals surface area contributed by atoms with Crippen LogP contribution in [0.25, 0.3) is 17.1 Å². The summed E-state index contributed by atoms with van der Waals surface area (Å²) in [5, 5.41) is 8.37. The van der Waals surface area contributed by atoms with E-state index < -0.39 is 15.8 Å². The summed E-state index contributed by atoms with van der Waals surface area (Å²) in [6.45, 7) is 0. The molecule has 2 aromatic carbocycles. The van der Waals surface area contributed by atoms with Gasteiger partial charge in [0.05, 0.1) is 39.5 Å². The molecule has 0 fully saturated rings. The predicted molar refractivity (Wildman–Crippen MR) is 130 cm³/mol. The second-order valence-corrected chi connectivity index (χ2v) is 9.26. The van der Waals surface area contributed by atoms with E-state index in [2.05, 4.69) is 24.9 Å². The Morgan fingerprint density at radius 1 is 0.944 bits per heavy atom. The number of halogens is 1. The lowest BCUT2D eigenvalue weighted by molar-refractivity contribution is 0.391. The number of benzene rings is 2. The second kappa shape index (κ2) is 10.6. The molecule has 13 heteroatoms. The topological polar surface area (TPSA) is 130 Å². The first-order valence-electron chi connectivity index (χ1n) is 10.6. The first-order valence-corrected chi connectivity index (χ1v) is 12.3. The molecule has 0 aliphatic carbocycles. The van der Waals surface area contributed by atoms with Crippen molar-refractivity contribution in [3.8, 4) is 34.3 Å². The number of hydrogen-bond donors (Lipinski definition) is 1. The van der Waals surface area contributed by atoms with E-state index >= 15 is 0 Å². The number of nitrogens with zero attached hydrogens (tertiary/aromatic N) is 5. The zero-order chi connectivity index (χ0) is 25.7. The molecule has 4 rings (SSSR count). The van der Waals surface area contributed by atoms with Crippen LogP contribution in [0.1, 0.15) is 5.82 Å². The number of aromatic nitrogens is 5. The van der Waals surface area contributed by atoms with E-state index in [4.69, 9.17) is 14.2 Å². The lowest BCUT2D eigenvalue weighted by atomic mass is 10.2. The average Bonchev–Trinajstić information content (AvgIpc) is 3.30. The Labute approximate surface area is 207 Å². The number of anilines is 1. The van der Waals surface area contributed by atoms with Gasteiger partial charge >= 0.3 is 0 Å². The van der Waals surface area contributed by atoms with Crippen molar-refractivity contribution >= 4 is 16.0 Å². The van der Waals surface area contributed by atoms with Crippen LogP contribution >= 0.6 is 0 Å². The first-order chi connectivity index (χ1) is 17.3. The van der Waals surface area contributed by atoms with Crippen molar-refractivity contribution in [3.63, 3.8) is 0 Å². The fraction of sp³-hybridized carbons (Fsp3) is 0.217. The molecular formula is C23H23FN6O5S. The molecule has 0 aliphatic rings. The standard InChI is InChI=1S/C23H23FN6O5S/c1-33-17-7-4-6-15(12-17)22-27-28-23(30(22)21-18(34-2)8-5-9-19(21)35-3)29-36(31,32)11-10-20-25-13-16(24)14-26-20/h4-9,12-14H,10-11H2,1-3H3,(H,28,29). The predicted octanol–water partition coefficient (Wildman–Crippen LogP) is 2.87. The molecular weight excluding hydrogens is 491 g/mol. The van der Waals surface area contributed by atoms with Crippen LogP contribution < -0.4 is 18.9 Å². The summed E-state index contributed by atoms with van der Waals surface area (Å²) in [5.74, 6) is 0.818. The number of ether oxygens (including phenoxy) is 3. The lowest BCUT2D eigenvalue weighted by Crippen LogP contribution is -2.21. The molecule has 2 aromatic heterocycles. The fourth-order valence-corrected chi connectivity index (χ4v) is 4.41. The SMILES string of the molecule is COc1cccc(-c2nnc(NS(=O)(=O)CCc3ncc(F)cn3)n2-c2c(OC)cccc2OC)c1. The summed E-state index contributed by atoms with van der Waals surface area (Å²) in [6.07, 6.45) is 1.92. The van der Waals surface area contributed by atoms with E-state index in [9.17, 15) is 12.8 Å². The third-order valence-corrected chi connectivity index (χ3v) is 6.37. The molecule has 0 spiro atoms. The maximum Gasteiger partial charge on any atom is 0.243 e. The molecule has 2 heterocycles. The number of nitrogens with one attached hydrogen (secondary N) is 1. The Kier molecular flexibility index (Phi) is 7.29. The van der Waals surface area contributed by atoms with Gasteiger partial charge in [0.15, 0.2) is 11.6 Å². The van der Waals surface area contributed by atoms with Gasteiger partial charge in [0.2, 0.25) is 16.0 Å². The summed E-state index contributed by atoms with van der Waals surface area (Å²) in [5.41, 5.74) is 1.00. The van der Waals surface area contributed by atoms with Crippen molar-refractivity contribution in [3.05, 3.63) is 66.5 Å². The fourth-order valence-electron chi connectivity index (χ4n) is 3.45. The third-order valence-electron chi connectivity index (χ3n) is 5.13. The Morgan fingerprint density at radius 3 is 2.25 bits per heavy atom. The highest BCUT2D eigenvalue weighted by atomic mass is 32.2. The smallest absolute Gasteiger partial charge is 0.243 e. The van der Waals surface area contributed by atoms with Gasteiger partial charge in [0, 0.05) is 12.0 Å². The third kappa shape index (κ3) is 5.35. The zero-order valence-corrected chi connectivity index (χ0v) is 20.5. The molecule has 4 aromatic rings. The lowest BCUT2D eigenvalue weighted by Gasteiger charge is -2.18. The molecule has 0 amide bonds. The van der Waals surface area contributed by atoms with E-state index in [0.717, 1.165) is 12.4 Å². The van der Waals surface area contributed by atoms with Gasteiger partial charge in [-0.1, -0.05) is 18.2 Å². The molecule has 0 saturated carbocycles. The van der Waals surface area contributed by atoms with Crippen LogP contribution in [0.3, 0.4) is 0 Å². The Balaban J connectivity index is 1.78. The largest absolute Gasteiger partial charge is 0.497 e. The van der Waals surface area contributed by atoms with E-state index in [0.29, 0.717) is 34.3 Å². The minimum atomic E-state index is -3.95. The number of sulfonamides is 1. The van der Waals surface area contributed by atoms with Crippen LogP contribution in [0.15, 0.2) is 54.9 Å². The molecule has 0 radical (unpaired) electrons. The molecule has 0 bridgehead atoms. The maximum absolute atomic E-state index is 13.1. The molecule has 36 heavy (non-hydrogen) atoms. The number of hydrogen-bond acceptors (Lipinski definition) is 9. The zero-order valence-electron chi connectivity index (χ0n) is 19.7. The number of para-hydroxylation sites is 1. The van der Waals surface area contributed by atoms with Gasteiger partial charge in [-0.2, -0.15) is 0 Å². The Hall–Kier alpha value is -4.26. The molecule has 0 aliphatic heterocycles. The summed E-state index contributed by atoms with van der Waals surface area (Å²) in [4.78, 5) is 7.61. The highest BCUT2D eigenvalue weighted by molar-refractivity contribution is 7.92. The Morgan fingerprint density at radius 2 is 1.61 bits per heavy atom. The van der Waals surface area contributed by atoms with Crippen LogP contribution in [0, 0.1) is 5.82 Å². The molecule has 1 N–H and O–H groups in total. The monoisotopic (exact) mass is 514 g/mol. The van der Waals surface area contributed by atoms with Gasteiger partial charge < -0.3 is 14.2 Å². The average molecular weight is 515 g/mol. The summed E-state index contributed by atoms with van der Waals surface area (Å²) >= 11 is 0. The van der Waals surface area contributed by atoms with Gasteiger partial charge in [-0.3, -0.25) is 9.29 Å². The van der Waals surface area contributed by atoms with Crippen LogP contribution in [0.5, 0.6) is 17.2 Å². The minimum Gasteiger partial charge on any atom is -0.497 e. The number of rotatable bonds is 10. The van der Waals surface area contributed by atoms with Crippen molar-refractivity contribution in [2.75, 3.05) is 31.8 Å². The molecule has 0 atom stereocenters. The van der Waals surface area contributed by atoms with Crippen LogP contribution in [-0.4, -0.2) is 60.2 Å². The highest BCUT2D eigenvalue weighted by Crippen LogP contribution is 2.38. The van der Waals surface area contributed by atoms with Crippen molar-refractivity contribution < 1.29 is 27.0 Å². The van der Waals surface area contributed by atoms with E-state index in [1.165, 1.54) is 25.9 Å². The molecule has 0 saturated heterocycles. The summed E-state index contributed by atoms with van der Waals surface area (Å²) < 4.78 is 59.4.